The summed E-state index contributed by atoms with van der Waals surface area (Å²) in [6.45, 7) is 8.40. The molecule has 1 heterocycles. The SMILES string of the molecule is CC1OC2(C)C=CCC(C)(C)C2=CC1O. The van der Waals surface area contributed by atoms with E-state index in [1.165, 1.54) is 5.57 Å². The monoisotopic (exact) mass is 208 g/mol. The molecular formula is C13H20O2. The topological polar surface area (TPSA) is 29.5 Å². The Bertz CT molecular complexity index is 327. The molecule has 1 aliphatic heterocycles. The maximum absolute atomic E-state index is 9.84. The van der Waals surface area contributed by atoms with Gasteiger partial charge < -0.3 is 9.84 Å². The highest BCUT2D eigenvalue weighted by Gasteiger charge is 2.44. The van der Waals surface area contributed by atoms with Crippen molar-refractivity contribution in [3.8, 4) is 0 Å². The van der Waals surface area contributed by atoms with Gasteiger partial charge in [-0.1, -0.05) is 32.1 Å². The third kappa shape index (κ3) is 1.66. The van der Waals surface area contributed by atoms with Gasteiger partial charge in [0.15, 0.2) is 0 Å². The normalized spacial score (nSPS) is 43.4. The lowest BCUT2D eigenvalue weighted by Gasteiger charge is -2.47. The Kier molecular flexibility index (Phi) is 2.32. The van der Waals surface area contributed by atoms with Gasteiger partial charge in [-0.2, -0.15) is 0 Å². The van der Waals surface area contributed by atoms with Crippen LogP contribution in [0.1, 0.15) is 34.1 Å². The van der Waals surface area contributed by atoms with Gasteiger partial charge in [-0.25, -0.2) is 0 Å². The smallest absolute Gasteiger partial charge is 0.106 e. The van der Waals surface area contributed by atoms with Gasteiger partial charge in [0.2, 0.25) is 0 Å². The van der Waals surface area contributed by atoms with Crippen LogP contribution < -0.4 is 0 Å². The van der Waals surface area contributed by atoms with E-state index < -0.39 is 6.10 Å². The van der Waals surface area contributed by atoms with Crippen molar-refractivity contribution in [3.63, 3.8) is 0 Å². The van der Waals surface area contributed by atoms with Crippen molar-refractivity contribution >= 4 is 0 Å². The van der Waals surface area contributed by atoms with E-state index in [-0.39, 0.29) is 17.1 Å². The highest BCUT2D eigenvalue weighted by Crippen LogP contribution is 2.46. The Balaban J connectivity index is 2.48. The van der Waals surface area contributed by atoms with Crippen LogP contribution in [0.25, 0.3) is 0 Å². The van der Waals surface area contributed by atoms with Crippen molar-refractivity contribution in [2.45, 2.75) is 51.9 Å². The summed E-state index contributed by atoms with van der Waals surface area (Å²) in [5, 5.41) is 9.84. The highest BCUT2D eigenvalue weighted by molar-refractivity contribution is 5.36. The van der Waals surface area contributed by atoms with Gasteiger partial charge in [0.05, 0.1) is 12.2 Å². The maximum atomic E-state index is 9.84. The Morgan fingerprint density at radius 3 is 2.73 bits per heavy atom. The second kappa shape index (κ2) is 3.19. The van der Waals surface area contributed by atoms with E-state index in [0.29, 0.717) is 0 Å². The summed E-state index contributed by atoms with van der Waals surface area (Å²) in [5.41, 5.74) is 0.980. The summed E-state index contributed by atoms with van der Waals surface area (Å²) < 4.78 is 5.92. The third-order valence-corrected chi connectivity index (χ3v) is 3.58. The van der Waals surface area contributed by atoms with Crippen molar-refractivity contribution in [2.75, 3.05) is 0 Å². The average Bonchev–Trinajstić information content (AvgIpc) is 2.09. The lowest BCUT2D eigenvalue weighted by molar-refractivity contribution is -0.0906. The molecule has 3 atom stereocenters. The molecule has 3 unspecified atom stereocenters. The molecular weight excluding hydrogens is 188 g/mol. The first kappa shape index (κ1) is 10.9. The van der Waals surface area contributed by atoms with Crippen LogP contribution in [0, 0.1) is 5.41 Å². The van der Waals surface area contributed by atoms with Crippen LogP contribution in [0.15, 0.2) is 23.8 Å². The molecule has 0 amide bonds. The van der Waals surface area contributed by atoms with Crippen LogP contribution in [0.3, 0.4) is 0 Å². The standard InChI is InChI=1S/C13H20O2/c1-9-10(14)8-11-12(2,3)6-5-7-13(11,4)15-9/h5,7-10,14H,6H2,1-4H3. The predicted octanol–water partition coefficient (Wildman–Crippen LogP) is 2.44. The Hall–Kier alpha value is -0.600. The summed E-state index contributed by atoms with van der Waals surface area (Å²) in [4.78, 5) is 0. The van der Waals surface area contributed by atoms with Crippen LogP contribution >= 0.6 is 0 Å². The van der Waals surface area contributed by atoms with Crippen LogP contribution in [0.2, 0.25) is 0 Å². The Labute approximate surface area is 91.6 Å². The van der Waals surface area contributed by atoms with E-state index in [1.807, 2.05) is 13.0 Å². The summed E-state index contributed by atoms with van der Waals surface area (Å²) >= 11 is 0. The van der Waals surface area contributed by atoms with Crippen molar-refractivity contribution in [1.82, 2.24) is 0 Å². The quantitative estimate of drug-likeness (QED) is 0.620. The largest absolute Gasteiger partial charge is 0.386 e. The first-order valence-corrected chi connectivity index (χ1v) is 5.61. The minimum Gasteiger partial charge on any atom is -0.386 e. The number of allylic oxidation sites excluding steroid dienone is 1. The predicted molar refractivity (Wildman–Crippen MR) is 60.6 cm³/mol. The molecule has 0 aromatic carbocycles. The molecule has 0 saturated carbocycles. The molecule has 0 saturated heterocycles. The molecule has 0 spiro atoms. The fraction of sp³-hybridized carbons (Fsp3) is 0.692. The molecule has 1 aliphatic carbocycles. The first-order valence-electron chi connectivity index (χ1n) is 5.61. The molecule has 0 radical (unpaired) electrons. The van der Waals surface area contributed by atoms with Crippen molar-refractivity contribution in [3.05, 3.63) is 23.8 Å². The molecule has 1 N–H and O–H groups in total. The van der Waals surface area contributed by atoms with E-state index in [2.05, 4.69) is 32.9 Å². The molecule has 0 aromatic rings. The third-order valence-electron chi connectivity index (χ3n) is 3.58. The molecule has 2 aliphatic rings. The van der Waals surface area contributed by atoms with Crippen molar-refractivity contribution < 1.29 is 9.84 Å². The fourth-order valence-electron chi connectivity index (χ4n) is 2.71. The van der Waals surface area contributed by atoms with Crippen LogP contribution in [0.5, 0.6) is 0 Å². The van der Waals surface area contributed by atoms with Crippen LogP contribution in [0.4, 0.5) is 0 Å². The number of fused-ring (bicyclic) bond motifs is 1. The molecule has 2 nitrogen and oxygen atoms in total. The molecule has 2 heteroatoms. The van der Waals surface area contributed by atoms with Gasteiger partial charge in [-0.3, -0.25) is 0 Å². The Morgan fingerprint density at radius 1 is 1.40 bits per heavy atom. The summed E-state index contributed by atoms with van der Waals surface area (Å²) in [6.07, 6.45) is 6.70. The molecule has 0 fully saturated rings. The zero-order valence-electron chi connectivity index (χ0n) is 9.95. The molecule has 0 aromatic heterocycles. The number of hydrogen-bond donors (Lipinski definition) is 1. The van der Waals surface area contributed by atoms with Gasteiger partial charge in [0, 0.05) is 0 Å². The first-order chi connectivity index (χ1) is 6.85. The minimum atomic E-state index is -0.473. The molecule has 0 bridgehead atoms. The number of ether oxygens (including phenoxy) is 1. The van der Waals surface area contributed by atoms with Gasteiger partial charge in [0.25, 0.3) is 0 Å². The second-order valence-corrected chi connectivity index (χ2v) is 5.49. The van der Waals surface area contributed by atoms with E-state index in [1.54, 1.807) is 0 Å². The maximum Gasteiger partial charge on any atom is 0.106 e. The van der Waals surface area contributed by atoms with Crippen molar-refractivity contribution in [1.29, 1.82) is 0 Å². The summed E-state index contributed by atoms with van der Waals surface area (Å²) in [7, 11) is 0. The summed E-state index contributed by atoms with van der Waals surface area (Å²) in [5.74, 6) is 0. The zero-order valence-corrected chi connectivity index (χ0v) is 9.95. The van der Waals surface area contributed by atoms with Crippen molar-refractivity contribution in [2.24, 2.45) is 5.41 Å². The van der Waals surface area contributed by atoms with Gasteiger partial charge in [-0.05, 0) is 31.3 Å². The average molecular weight is 208 g/mol. The Morgan fingerprint density at radius 2 is 2.07 bits per heavy atom. The highest BCUT2D eigenvalue weighted by atomic mass is 16.5. The number of aliphatic hydroxyl groups is 1. The van der Waals surface area contributed by atoms with Crippen LogP contribution in [-0.4, -0.2) is 22.9 Å². The van der Waals surface area contributed by atoms with E-state index in [4.69, 9.17) is 4.74 Å². The van der Waals surface area contributed by atoms with Gasteiger partial charge in [-0.15, -0.1) is 0 Å². The second-order valence-electron chi connectivity index (χ2n) is 5.49. The molecule has 2 rings (SSSR count). The van der Waals surface area contributed by atoms with E-state index in [0.717, 1.165) is 6.42 Å². The fourth-order valence-corrected chi connectivity index (χ4v) is 2.71. The van der Waals surface area contributed by atoms with Gasteiger partial charge in [0.1, 0.15) is 5.60 Å². The number of hydrogen-bond acceptors (Lipinski definition) is 2. The van der Waals surface area contributed by atoms with E-state index in [9.17, 15) is 5.11 Å². The minimum absolute atomic E-state index is 0.0879. The summed E-state index contributed by atoms with van der Waals surface area (Å²) in [6, 6.07) is 0. The number of aliphatic hydroxyl groups excluding tert-OH is 1. The lowest BCUT2D eigenvalue weighted by Crippen LogP contribution is -2.48. The van der Waals surface area contributed by atoms with Gasteiger partial charge >= 0.3 is 0 Å². The van der Waals surface area contributed by atoms with E-state index >= 15 is 0 Å². The zero-order chi connectivity index (χ0) is 11.3. The molecule has 84 valence electrons. The molecule has 15 heavy (non-hydrogen) atoms. The van der Waals surface area contributed by atoms with Crippen LogP contribution in [-0.2, 0) is 4.74 Å². The number of rotatable bonds is 0. The lowest BCUT2D eigenvalue weighted by atomic mass is 9.68.